The predicted molar refractivity (Wildman–Crippen MR) is 150 cm³/mol. The topological polar surface area (TPSA) is 114 Å². The Labute approximate surface area is 232 Å². The van der Waals surface area contributed by atoms with E-state index in [4.69, 9.17) is 20.4 Å². The van der Waals surface area contributed by atoms with Crippen LogP contribution in [0.1, 0.15) is 44.4 Å². The summed E-state index contributed by atoms with van der Waals surface area (Å²) >= 11 is 0. The molecule has 2 aliphatic heterocycles. The average Bonchev–Trinajstić information content (AvgIpc) is 3.37. The largest absolute Gasteiger partial charge is 0.378 e. The van der Waals surface area contributed by atoms with Gasteiger partial charge in [0, 0.05) is 45.7 Å². The fourth-order valence-corrected chi connectivity index (χ4v) is 5.55. The van der Waals surface area contributed by atoms with E-state index in [0.29, 0.717) is 80.3 Å². The normalized spacial score (nSPS) is 19.0. The minimum atomic E-state index is -2.77. The molecule has 3 aromatic rings. The third-order valence-electron chi connectivity index (χ3n) is 7.86. The fourth-order valence-electron chi connectivity index (χ4n) is 5.55. The Balaban J connectivity index is 1.34. The number of piperidine rings is 1. The number of halogens is 2. The Morgan fingerprint density at radius 1 is 1.18 bits per heavy atom. The van der Waals surface area contributed by atoms with Gasteiger partial charge in [-0.2, -0.15) is 9.97 Å². The van der Waals surface area contributed by atoms with Crippen LogP contribution in [0.4, 0.5) is 20.5 Å². The quantitative estimate of drug-likeness (QED) is 0.368. The smallest absolute Gasteiger partial charge is 0.296 e. The van der Waals surface area contributed by atoms with Crippen LogP contribution in [0.25, 0.3) is 16.9 Å². The van der Waals surface area contributed by atoms with Gasteiger partial charge in [0.25, 0.3) is 6.43 Å². The second kappa shape index (κ2) is 12.9. The van der Waals surface area contributed by atoms with Gasteiger partial charge in [-0.3, -0.25) is 9.36 Å². The molecule has 0 bridgehead atoms. The molecule has 12 heteroatoms. The summed E-state index contributed by atoms with van der Waals surface area (Å²) in [4.78, 5) is 29.2. The minimum Gasteiger partial charge on any atom is -0.378 e. The molecule has 10 nitrogen and oxygen atoms in total. The molecule has 216 valence electrons. The van der Waals surface area contributed by atoms with E-state index in [9.17, 15) is 13.6 Å². The summed E-state index contributed by atoms with van der Waals surface area (Å²) in [6.45, 7) is 4.27. The highest BCUT2D eigenvalue weighted by molar-refractivity contribution is 5.78. The van der Waals surface area contributed by atoms with E-state index in [1.807, 2.05) is 16.8 Å². The zero-order chi connectivity index (χ0) is 28.1. The number of anilines is 2. The van der Waals surface area contributed by atoms with Crippen molar-refractivity contribution in [3.8, 4) is 5.82 Å². The van der Waals surface area contributed by atoms with Crippen molar-refractivity contribution in [1.82, 2.24) is 24.4 Å². The number of hydrogen-bond acceptors (Lipinski definition) is 8. The fraction of sp³-hybridized carbons (Fsp3) is 0.571. The van der Waals surface area contributed by atoms with E-state index in [2.05, 4.69) is 10.3 Å². The third kappa shape index (κ3) is 6.49. The molecule has 3 N–H and O–H groups in total. The number of rotatable bonds is 11. The lowest BCUT2D eigenvalue weighted by molar-refractivity contribution is -0.133. The first-order chi connectivity index (χ1) is 19.4. The van der Waals surface area contributed by atoms with Crippen LogP contribution in [0.5, 0.6) is 0 Å². The number of imidazole rings is 1. The summed E-state index contributed by atoms with van der Waals surface area (Å²) in [7, 11) is 1.87. The standard InChI is InChI=1S/C28H38F2N8O2/c1-36-18-19(9-10-25(36)39)5-4-6-20(16-31)17-32-23-15-24(35-28(34-23)37-11-13-40-14-12-37)38-22-8-3-2-7-21(22)33-27(38)26(29)30/h2-3,7-8,15,19-20,26H,4-6,9-14,16-18,31H2,1H3,(H,32,34,35)/t19?,20-/m0/s1. The lowest BCUT2D eigenvalue weighted by Gasteiger charge is -2.30. The molecule has 2 fully saturated rings. The van der Waals surface area contributed by atoms with Gasteiger partial charge in [0.15, 0.2) is 5.82 Å². The monoisotopic (exact) mass is 556 g/mol. The number of benzene rings is 1. The molecule has 2 atom stereocenters. The van der Waals surface area contributed by atoms with Crippen LogP contribution in [0, 0.1) is 11.8 Å². The molecule has 1 aromatic carbocycles. The Morgan fingerprint density at radius 2 is 1.98 bits per heavy atom. The molecule has 1 unspecified atom stereocenters. The van der Waals surface area contributed by atoms with Crippen LogP contribution in [0.3, 0.4) is 0 Å². The van der Waals surface area contributed by atoms with E-state index in [1.54, 1.807) is 30.3 Å². The van der Waals surface area contributed by atoms with E-state index in [1.165, 1.54) is 4.57 Å². The van der Waals surface area contributed by atoms with Crippen molar-refractivity contribution in [3.63, 3.8) is 0 Å². The number of nitrogens with two attached hydrogens (primary N) is 1. The zero-order valence-electron chi connectivity index (χ0n) is 22.9. The van der Waals surface area contributed by atoms with Crippen molar-refractivity contribution in [2.24, 2.45) is 17.6 Å². The summed E-state index contributed by atoms with van der Waals surface area (Å²) in [5.41, 5.74) is 7.16. The highest BCUT2D eigenvalue weighted by atomic mass is 19.3. The van der Waals surface area contributed by atoms with E-state index >= 15 is 0 Å². The number of morpholine rings is 1. The lowest BCUT2D eigenvalue weighted by atomic mass is 9.90. The third-order valence-corrected chi connectivity index (χ3v) is 7.86. The van der Waals surface area contributed by atoms with Crippen molar-refractivity contribution in [2.75, 3.05) is 63.2 Å². The Bertz CT molecular complexity index is 1300. The van der Waals surface area contributed by atoms with Crippen molar-refractivity contribution < 1.29 is 18.3 Å². The molecule has 2 aromatic heterocycles. The van der Waals surface area contributed by atoms with Crippen molar-refractivity contribution in [2.45, 2.75) is 38.5 Å². The molecular weight excluding hydrogens is 518 g/mol. The van der Waals surface area contributed by atoms with Gasteiger partial charge < -0.3 is 25.6 Å². The van der Waals surface area contributed by atoms with E-state index in [0.717, 1.165) is 32.2 Å². The first-order valence-electron chi connectivity index (χ1n) is 14.1. The van der Waals surface area contributed by atoms with Crippen LogP contribution in [-0.2, 0) is 9.53 Å². The van der Waals surface area contributed by atoms with E-state index < -0.39 is 6.43 Å². The molecular formula is C28H38F2N8O2. The molecule has 0 saturated carbocycles. The number of carbonyl (C=O) groups is 1. The molecule has 0 spiro atoms. The molecule has 0 radical (unpaired) electrons. The van der Waals surface area contributed by atoms with Crippen LogP contribution in [0.2, 0.25) is 0 Å². The first-order valence-corrected chi connectivity index (χ1v) is 14.1. The van der Waals surface area contributed by atoms with Crippen molar-refractivity contribution in [1.29, 1.82) is 0 Å². The minimum absolute atomic E-state index is 0.221. The predicted octanol–water partition coefficient (Wildman–Crippen LogP) is 3.62. The summed E-state index contributed by atoms with van der Waals surface area (Å²) in [6.07, 6.45) is 1.86. The summed E-state index contributed by atoms with van der Waals surface area (Å²) in [6, 6.07) is 8.76. The van der Waals surface area contributed by atoms with Gasteiger partial charge in [-0.05, 0) is 49.8 Å². The van der Waals surface area contributed by atoms with Gasteiger partial charge in [0.1, 0.15) is 11.6 Å². The number of amides is 1. The maximum Gasteiger partial charge on any atom is 0.296 e. The van der Waals surface area contributed by atoms with Crippen LogP contribution >= 0.6 is 0 Å². The lowest BCUT2D eigenvalue weighted by Crippen LogP contribution is -2.37. The number of nitrogens with zero attached hydrogens (tertiary/aromatic N) is 6. The highest BCUT2D eigenvalue weighted by Gasteiger charge is 2.25. The van der Waals surface area contributed by atoms with Crippen LogP contribution in [0.15, 0.2) is 30.3 Å². The second-order valence-corrected chi connectivity index (χ2v) is 10.7. The molecule has 5 rings (SSSR count). The number of ether oxygens (including phenoxy) is 1. The SMILES string of the molecule is CN1CC(CCC[C@@H](CN)CNc2cc(-n3c(C(F)F)nc4ccccc43)nc(N3CCOCC3)n2)CCC1=O. The summed E-state index contributed by atoms with van der Waals surface area (Å²) in [5, 5.41) is 3.41. The number of fused-ring (bicyclic) bond motifs is 1. The molecule has 2 saturated heterocycles. The average molecular weight is 557 g/mol. The summed E-state index contributed by atoms with van der Waals surface area (Å²) < 4.78 is 35.1. The molecule has 0 aliphatic carbocycles. The molecule has 4 heterocycles. The van der Waals surface area contributed by atoms with Crippen LogP contribution in [-0.4, -0.2) is 83.3 Å². The highest BCUT2D eigenvalue weighted by Crippen LogP contribution is 2.29. The van der Waals surface area contributed by atoms with Gasteiger partial charge in [-0.1, -0.05) is 18.6 Å². The first kappa shape index (κ1) is 28.2. The Hall–Kier alpha value is -3.38. The number of para-hydroxylation sites is 2. The Kier molecular flexibility index (Phi) is 9.05. The summed E-state index contributed by atoms with van der Waals surface area (Å²) in [5.74, 6) is 1.97. The van der Waals surface area contributed by atoms with Gasteiger partial charge in [0.05, 0.1) is 24.2 Å². The second-order valence-electron chi connectivity index (χ2n) is 10.7. The number of alkyl halides is 2. The maximum absolute atomic E-state index is 14.1. The number of nitrogens with one attached hydrogen (secondary N) is 1. The number of likely N-dealkylation sites (tertiary alicyclic amines) is 1. The van der Waals surface area contributed by atoms with Crippen LogP contribution < -0.4 is 16.0 Å². The molecule has 1 amide bonds. The van der Waals surface area contributed by atoms with Gasteiger partial charge in [-0.15, -0.1) is 0 Å². The zero-order valence-corrected chi connectivity index (χ0v) is 22.9. The maximum atomic E-state index is 14.1. The van der Waals surface area contributed by atoms with E-state index in [-0.39, 0.29) is 17.6 Å². The molecule has 2 aliphatic rings. The molecule has 40 heavy (non-hydrogen) atoms. The van der Waals surface area contributed by atoms with Crippen molar-refractivity contribution in [3.05, 3.63) is 36.2 Å². The van der Waals surface area contributed by atoms with Gasteiger partial charge in [0.2, 0.25) is 11.9 Å². The number of hydrogen-bond donors (Lipinski definition) is 2. The van der Waals surface area contributed by atoms with Gasteiger partial charge in [-0.25, -0.2) is 13.8 Å². The Morgan fingerprint density at radius 3 is 2.73 bits per heavy atom. The number of carbonyl (C=O) groups excluding carboxylic acids is 1. The number of aromatic nitrogens is 4. The van der Waals surface area contributed by atoms with Gasteiger partial charge >= 0.3 is 0 Å². The van der Waals surface area contributed by atoms with Crippen molar-refractivity contribution >= 4 is 28.7 Å².